The van der Waals surface area contributed by atoms with E-state index in [-0.39, 0.29) is 0 Å². The highest BCUT2D eigenvalue weighted by atomic mass is 32.2. The Labute approximate surface area is 105 Å². The minimum Gasteiger partial charge on any atom is -0.483 e. The molecule has 2 aromatic rings. The van der Waals surface area contributed by atoms with Crippen molar-refractivity contribution in [2.45, 2.75) is 25.3 Å². The van der Waals surface area contributed by atoms with E-state index in [2.05, 4.69) is 18.0 Å². The van der Waals surface area contributed by atoms with Gasteiger partial charge in [-0.15, -0.1) is 11.8 Å². The van der Waals surface area contributed by atoms with Crippen LogP contribution in [-0.4, -0.2) is 10.7 Å². The molecular formula is C13H15NO2S. The van der Waals surface area contributed by atoms with Crippen molar-refractivity contribution in [1.82, 2.24) is 4.98 Å². The van der Waals surface area contributed by atoms with Crippen LogP contribution in [0, 0.1) is 6.92 Å². The first-order valence-electron chi connectivity index (χ1n) is 5.55. The van der Waals surface area contributed by atoms with Gasteiger partial charge in [-0.25, -0.2) is 4.98 Å². The number of benzene rings is 1. The second-order valence-electron chi connectivity index (χ2n) is 3.53. The first-order chi connectivity index (χ1) is 8.29. The van der Waals surface area contributed by atoms with Crippen molar-refractivity contribution in [2.24, 2.45) is 0 Å². The fraction of sp³-hybridized carbons (Fsp3) is 0.308. The van der Waals surface area contributed by atoms with Crippen molar-refractivity contribution in [2.75, 3.05) is 5.75 Å². The van der Waals surface area contributed by atoms with Crippen LogP contribution in [0.5, 0.6) is 5.75 Å². The Hall–Kier alpha value is -1.42. The van der Waals surface area contributed by atoms with E-state index in [1.165, 1.54) is 0 Å². The zero-order valence-corrected chi connectivity index (χ0v) is 10.8. The minimum atomic E-state index is 0.370. The van der Waals surface area contributed by atoms with E-state index in [0.29, 0.717) is 12.5 Å². The molecule has 1 aromatic carbocycles. The number of thioether (sulfide) groups is 1. The van der Waals surface area contributed by atoms with Crippen molar-refractivity contribution < 1.29 is 9.15 Å². The van der Waals surface area contributed by atoms with Crippen LogP contribution in [0.2, 0.25) is 0 Å². The van der Waals surface area contributed by atoms with Gasteiger partial charge in [-0.3, -0.25) is 0 Å². The van der Waals surface area contributed by atoms with Crippen molar-refractivity contribution in [3.8, 4) is 5.75 Å². The summed E-state index contributed by atoms with van der Waals surface area (Å²) >= 11 is 1.77. The first kappa shape index (κ1) is 12.0. The van der Waals surface area contributed by atoms with Gasteiger partial charge in [0.05, 0.1) is 6.20 Å². The summed E-state index contributed by atoms with van der Waals surface area (Å²) in [4.78, 5) is 5.26. The van der Waals surface area contributed by atoms with Gasteiger partial charge in [0.2, 0.25) is 5.89 Å². The van der Waals surface area contributed by atoms with E-state index in [4.69, 9.17) is 9.15 Å². The topological polar surface area (TPSA) is 35.3 Å². The molecule has 3 nitrogen and oxygen atoms in total. The average Bonchev–Trinajstić information content (AvgIpc) is 2.74. The molecule has 0 aliphatic carbocycles. The number of nitrogens with zero attached hydrogens (tertiary/aromatic N) is 1. The molecule has 17 heavy (non-hydrogen) atoms. The Balaban J connectivity index is 2.03. The van der Waals surface area contributed by atoms with Gasteiger partial charge in [-0.1, -0.05) is 19.1 Å². The number of hydrogen-bond acceptors (Lipinski definition) is 4. The second kappa shape index (κ2) is 5.77. The summed E-state index contributed by atoms with van der Waals surface area (Å²) < 4.78 is 11.1. The van der Waals surface area contributed by atoms with Gasteiger partial charge in [0.15, 0.2) is 6.61 Å². The van der Waals surface area contributed by atoms with Crippen LogP contribution < -0.4 is 4.74 Å². The van der Waals surface area contributed by atoms with Gasteiger partial charge in [0.25, 0.3) is 0 Å². The molecule has 0 spiro atoms. The number of rotatable bonds is 5. The standard InChI is InChI=1S/C13H15NO2S/c1-3-17-12-7-5-4-6-11(12)15-9-13-14-8-10(2)16-13/h4-8H,3,9H2,1-2H3. The number of ether oxygens (including phenoxy) is 1. The summed E-state index contributed by atoms with van der Waals surface area (Å²) in [7, 11) is 0. The number of aryl methyl sites for hydroxylation is 1. The predicted octanol–water partition coefficient (Wildman–Crippen LogP) is 3.67. The van der Waals surface area contributed by atoms with Gasteiger partial charge in [0.1, 0.15) is 11.5 Å². The molecule has 4 heteroatoms. The number of aromatic nitrogens is 1. The van der Waals surface area contributed by atoms with Crippen LogP contribution in [0.25, 0.3) is 0 Å². The molecule has 0 aliphatic heterocycles. The van der Waals surface area contributed by atoms with Crippen molar-refractivity contribution >= 4 is 11.8 Å². The third kappa shape index (κ3) is 3.27. The summed E-state index contributed by atoms with van der Waals surface area (Å²) in [6.07, 6.45) is 1.70. The largest absolute Gasteiger partial charge is 0.483 e. The van der Waals surface area contributed by atoms with Crippen molar-refractivity contribution in [3.05, 3.63) is 42.1 Å². The summed E-state index contributed by atoms with van der Waals surface area (Å²) in [6.45, 7) is 4.37. The molecule has 90 valence electrons. The number of para-hydroxylation sites is 1. The van der Waals surface area contributed by atoms with Crippen molar-refractivity contribution in [3.63, 3.8) is 0 Å². The molecule has 0 unspecified atom stereocenters. The molecule has 0 aliphatic rings. The third-order valence-electron chi connectivity index (χ3n) is 2.17. The maximum Gasteiger partial charge on any atom is 0.232 e. The highest BCUT2D eigenvalue weighted by molar-refractivity contribution is 7.99. The summed E-state index contributed by atoms with van der Waals surface area (Å²) in [6, 6.07) is 8.01. The Morgan fingerprint density at radius 2 is 2.18 bits per heavy atom. The lowest BCUT2D eigenvalue weighted by Gasteiger charge is -2.08. The van der Waals surface area contributed by atoms with E-state index in [1.54, 1.807) is 18.0 Å². The molecule has 0 saturated carbocycles. The summed E-state index contributed by atoms with van der Waals surface area (Å²) in [5.74, 6) is 3.33. The van der Waals surface area contributed by atoms with Gasteiger partial charge in [-0.2, -0.15) is 0 Å². The lowest BCUT2D eigenvalue weighted by atomic mass is 10.3. The van der Waals surface area contributed by atoms with Crippen LogP contribution in [0.1, 0.15) is 18.6 Å². The zero-order chi connectivity index (χ0) is 12.1. The Morgan fingerprint density at radius 3 is 2.88 bits per heavy atom. The van der Waals surface area contributed by atoms with Crippen LogP contribution in [0.15, 0.2) is 39.8 Å². The molecule has 0 N–H and O–H groups in total. The highest BCUT2D eigenvalue weighted by Crippen LogP contribution is 2.29. The lowest BCUT2D eigenvalue weighted by Crippen LogP contribution is -1.96. The fourth-order valence-corrected chi connectivity index (χ4v) is 2.21. The molecule has 2 rings (SSSR count). The fourth-order valence-electron chi connectivity index (χ4n) is 1.45. The molecular weight excluding hydrogens is 234 g/mol. The quantitative estimate of drug-likeness (QED) is 0.757. The highest BCUT2D eigenvalue weighted by Gasteiger charge is 2.05. The van der Waals surface area contributed by atoms with E-state index in [9.17, 15) is 0 Å². The van der Waals surface area contributed by atoms with Gasteiger partial charge >= 0.3 is 0 Å². The second-order valence-corrected chi connectivity index (χ2v) is 4.84. The molecule has 0 radical (unpaired) electrons. The molecule has 0 amide bonds. The number of oxazole rings is 1. The SMILES string of the molecule is CCSc1ccccc1OCc1ncc(C)o1. The van der Waals surface area contributed by atoms with Crippen LogP contribution in [-0.2, 0) is 6.61 Å². The Kier molecular flexibility index (Phi) is 4.09. The monoisotopic (exact) mass is 249 g/mol. The van der Waals surface area contributed by atoms with Gasteiger partial charge in [-0.05, 0) is 24.8 Å². The van der Waals surface area contributed by atoms with E-state index in [0.717, 1.165) is 22.2 Å². The first-order valence-corrected chi connectivity index (χ1v) is 6.54. The molecule has 0 fully saturated rings. The van der Waals surface area contributed by atoms with Gasteiger partial charge < -0.3 is 9.15 Å². The van der Waals surface area contributed by atoms with Gasteiger partial charge in [0, 0.05) is 4.90 Å². The van der Waals surface area contributed by atoms with Crippen LogP contribution in [0.3, 0.4) is 0 Å². The van der Waals surface area contributed by atoms with E-state index < -0.39 is 0 Å². The average molecular weight is 249 g/mol. The van der Waals surface area contributed by atoms with Crippen LogP contribution >= 0.6 is 11.8 Å². The molecule has 1 aromatic heterocycles. The lowest BCUT2D eigenvalue weighted by molar-refractivity contribution is 0.255. The smallest absolute Gasteiger partial charge is 0.232 e. The Morgan fingerprint density at radius 1 is 1.35 bits per heavy atom. The van der Waals surface area contributed by atoms with E-state index >= 15 is 0 Å². The maximum absolute atomic E-state index is 5.71. The maximum atomic E-state index is 5.71. The van der Waals surface area contributed by atoms with Crippen LogP contribution in [0.4, 0.5) is 0 Å². The molecule has 0 atom stereocenters. The normalized spacial score (nSPS) is 10.5. The summed E-state index contributed by atoms with van der Waals surface area (Å²) in [5.41, 5.74) is 0. The van der Waals surface area contributed by atoms with Crippen molar-refractivity contribution in [1.29, 1.82) is 0 Å². The Bertz CT molecular complexity index is 482. The molecule has 0 bridgehead atoms. The molecule has 0 saturated heterocycles. The summed E-state index contributed by atoms with van der Waals surface area (Å²) in [5, 5.41) is 0. The number of hydrogen-bond donors (Lipinski definition) is 0. The zero-order valence-electron chi connectivity index (χ0n) is 9.97. The minimum absolute atomic E-state index is 0.370. The van der Waals surface area contributed by atoms with E-state index in [1.807, 2.05) is 25.1 Å². The third-order valence-corrected chi connectivity index (χ3v) is 3.11. The molecule has 1 heterocycles. The predicted molar refractivity (Wildman–Crippen MR) is 68.4 cm³/mol.